The molecular formula is C16H15N5O5. The van der Waals surface area contributed by atoms with E-state index in [0.29, 0.717) is 5.56 Å². The molecule has 0 spiro atoms. The van der Waals surface area contributed by atoms with Crippen LogP contribution in [0.5, 0.6) is 5.88 Å². The Labute approximate surface area is 146 Å². The van der Waals surface area contributed by atoms with Gasteiger partial charge in [0.25, 0.3) is 11.2 Å². The Morgan fingerprint density at radius 3 is 2.92 bits per heavy atom. The first-order valence-electron chi connectivity index (χ1n) is 7.66. The van der Waals surface area contributed by atoms with Gasteiger partial charge in [0.15, 0.2) is 0 Å². The van der Waals surface area contributed by atoms with Crippen LogP contribution in [0.3, 0.4) is 0 Å². The van der Waals surface area contributed by atoms with Crippen LogP contribution in [-0.4, -0.2) is 25.3 Å². The largest absolute Gasteiger partial charge is 0.494 e. The molecule has 2 heterocycles. The number of allylic oxidation sites excluding steroid dienone is 1. The van der Waals surface area contributed by atoms with Crippen molar-refractivity contribution >= 4 is 11.4 Å². The van der Waals surface area contributed by atoms with Crippen molar-refractivity contribution in [3.05, 3.63) is 79.0 Å². The summed E-state index contributed by atoms with van der Waals surface area (Å²) in [5, 5.41) is 25.3. The summed E-state index contributed by atoms with van der Waals surface area (Å²) < 4.78 is 0.965. The standard InChI is InChI=1S/C16H15N5O5/c1-2-6-20-15(23)13(14(22)17-16(20)24)12-8-11(18-19-12)9-4-3-5-10(7-9)21(25)26/h2-5,7,11,18,23H,1,6,8H2,(H,17,22,24). The number of benzene rings is 1. The zero-order valence-electron chi connectivity index (χ0n) is 13.5. The third kappa shape index (κ3) is 2.99. The Morgan fingerprint density at radius 2 is 2.23 bits per heavy atom. The number of aromatic nitrogens is 2. The molecule has 134 valence electrons. The number of nitro benzene ring substituents is 1. The van der Waals surface area contributed by atoms with Gasteiger partial charge in [-0.3, -0.25) is 24.5 Å². The summed E-state index contributed by atoms with van der Waals surface area (Å²) in [6, 6.07) is 5.65. The number of aromatic amines is 1. The fourth-order valence-corrected chi connectivity index (χ4v) is 2.76. The van der Waals surface area contributed by atoms with Gasteiger partial charge in [-0.1, -0.05) is 18.2 Å². The van der Waals surface area contributed by atoms with Crippen LogP contribution >= 0.6 is 0 Å². The second kappa shape index (κ2) is 6.67. The van der Waals surface area contributed by atoms with Gasteiger partial charge >= 0.3 is 5.69 Å². The van der Waals surface area contributed by atoms with Crippen LogP contribution in [-0.2, 0) is 6.54 Å². The van der Waals surface area contributed by atoms with Gasteiger partial charge in [-0.05, 0) is 5.56 Å². The Hall–Kier alpha value is -3.69. The predicted molar refractivity (Wildman–Crippen MR) is 93.3 cm³/mol. The highest BCUT2D eigenvalue weighted by molar-refractivity contribution is 6.03. The summed E-state index contributed by atoms with van der Waals surface area (Å²) in [4.78, 5) is 36.5. The van der Waals surface area contributed by atoms with E-state index in [0.717, 1.165) is 4.57 Å². The number of rotatable bonds is 5. The Bertz CT molecular complexity index is 1040. The summed E-state index contributed by atoms with van der Waals surface area (Å²) in [6.07, 6.45) is 1.62. The molecule has 1 aliphatic heterocycles. The third-order valence-corrected chi connectivity index (χ3v) is 4.01. The molecule has 0 amide bonds. The van der Waals surface area contributed by atoms with Crippen molar-refractivity contribution in [2.45, 2.75) is 19.0 Å². The van der Waals surface area contributed by atoms with Crippen molar-refractivity contribution in [1.29, 1.82) is 0 Å². The highest BCUT2D eigenvalue weighted by Crippen LogP contribution is 2.27. The van der Waals surface area contributed by atoms with Gasteiger partial charge in [0, 0.05) is 25.1 Å². The lowest BCUT2D eigenvalue weighted by molar-refractivity contribution is -0.384. The van der Waals surface area contributed by atoms with Crippen LogP contribution in [0.1, 0.15) is 23.6 Å². The molecule has 0 saturated carbocycles. The van der Waals surface area contributed by atoms with Gasteiger partial charge in [-0.15, -0.1) is 6.58 Å². The molecule has 10 nitrogen and oxygen atoms in total. The van der Waals surface area contributed by atoms with Crippen LogP contribution < -0.4 is 16.7 Å². The molecule has 2 aromatic rings. The smallest absolute Gasteiger partial charge is 0.331 e. The van der Waals surface area contributed by atoms with Crippen LogP contribution in [0.15, 0.2) is 51.6 Å². The highest BCUT2D eigenvalue weighted by atomic mass is 16.6. The number of H-pyrrole nitrogens is 1. The van der Waals surface area contributed by atoms with E-state index < -0.39 is 28.1 Å². The molecule has 1 aliphatic rings. The number of hydrogen-bond donors (Lipinski definition) is 3. The first-order valence-corrected chi connectivity index (χ1v) is 7.66. The number of non-ortho nitro benzene ring substituents is 1. The SMILES string of the molecule is C=CCn1c(O)c(C2=NNC(c3cccc([N+](=O)[O-])c3)C2)c(=O)[nH]c1=O. The van der Waals surface area contributed by atoms with Gasteiger partial charge < -0.3 is 10.5 Å². The number of nitro groups is 1. The fourth-order valence-electron chi connectivity index (χ4n) is 2.76. The van der Waals surface area contributed by atoms with E-state index in [1.165, 1.54) is 18.2 Å². The average Bonchev–Trinajstić information content (AvgIpc) is 3.08. The molecule has 0 radical (unpaired) electrons. The van der Waals surface area contributed by atoms with Crippen LogP contribution in [0.4, 0.5) is 5.69 Å². The van der Waals surface area contributed by atoms with E-state index >= 15 is 0 Å². The molecule has 0 aliphatic carbocycles. The first-order chi connectivity index (χ1) is 12.4. The van der Waals surface area contributed by atoms with Crippen molar-refractivity contribution in [3.8, 4) is 5.88 Å². The maximum absolute atomic E-state index is 12.1. The maximum Gasteiger partial charge on any atom is 0.331 e. The predicted octanol–water partition coefficient (Wildman–Crippen LogP) is 0.775. The Morgan fingerprint density at radius 1 is 1.46 bits per heavy atom. The summed E-state index contributed by atoms with van der Waals surface area (Å²) in [6.45, 7) is 3.52. The average molecular weight is 357 g/mol. The number of aromatic hydroxyl groups is 1. The monoisotopic (exact) mass is 357 g/mol. The quantitative estimate of drug-likeness (QED) is 0.410. The molecule has 3 rings (SSSR count). The lowest BCUT2D eigenvalue weighted by Crippen LogP contribution is -2.33. The third-order valence-electron chi connectivity index (χ3n) is 4.01. The molecule has 1 atom stereocenters. The molecule has 3 N–H and O–H groups in total. The summed E-state index contributed by atoms with van der Waals surface area (Å²) in [5.74, 6) is -0.501. The van der Waals surface area contributed by atoms with Crippen molar-refractivity contribution in [1.82, 2.24) is 15.0 Å². The molecule has 0 saturated heterocycles. The number of hydrogen-bond acceptors (Lipinski definition) is 7. The zero-order chi connectivity index (χ0) is 18.8. The number of nitrogens with one attached hydrogen (secondary N) is 2. The van der Waals surface area contributed by atoms with E-state index in [2.05, 4.69) is 22.1 Å². The summed E-state index contributed by atoms with van der Waals surface area (Å²) >= 11 is 0. The van der Waals surface area contributed by atoms with Gasteiger partial charge in [0.05, 0.1) is 16.7 Å². The summed E-state index contributed by atoms with van der Waals surface area (Å²) in [5.41, 5.74) is 1.98. The van der Waals surface area contributed by atoms with Gasteiger partial charge in [-0.2, -0.15) is 5.10 Å². The molecule has 0 fully saturated rings. The van der Waals surface area contributed by atoms with E-state index in [1.807, 2.05) is 0 Å². The molecule has 1 aromatic heterocycles. The fraction of sp³-hybridized carbons (Fsp3) is 0.188. The molecule has 26 heavy (non-hydrogen) atoms. The van der Waals surface area contributed by atoms with Gasteiger partial charge in [0.1, 0.15) is 5.56 Å². The van der Waals surface area contributed by atoms with E-state index in [9.17, 15) is 24.8 Å². The number of nitrogens with zero attached hydrogens (tertiary/aromatic N) is 3. The normalized spacial score (nSPS) is 16.0. The van der Waals surface area contributed by atoms with Crippen LogP contribution in [0, 0.1) is 10.1 Å². The van der Waals surface area contributed by atoms with Crippen molar-refractivity contribution in [2.24, 2.45) is 5.10 Å². The van der Waals surface area contributed by atoms with E-state index in [4.69, 9.17) is 0 Å². The minimum absolute atomic E-state index is 0.0173. The number of hydrazone groups is 1. The summed E-state index contributed by atoms with van der Waals surface area (Å²) in [7, 11) is 0. The van der Waals surface area contributed by atoms with Crippen molar-refractivity contribution in [3.63, 3.8) is 0 Å². The molecule has 1 unspecified atom stereocenters. The minimum atomic E-state index is -0.756. The van der Waals surface area contributed by atoms with Gasteiger partial charge in [0.2, 0.25) is 5.88 Å². The second-order valence-electron chi connectivity index (χ2n) is 5.65. The zero-order valence-corrected chi connectivity index (χ0v) is 13.5. The first kappa shape index (κ1) is 17.1. The van der Waals surface area contributed by atoms with E-state index in [-0.39, 0.29) is 29.9 Å². The highest BCUT2D eigenvalue weighted by Gasteiger charge is 2.27. The topological polar surface area (TPSA) is 143 Å². The second-order valence-corrected chi connectivity index (χ2v) is 5.65. The molecule has 10 heteroatoms. The Kier molecular flexibility index (Phi) is 4.40. The van der Waals surface area contributed by atoms with Gasteiger partial charge in [-0.25, -0.2) is 4.79 Å². The Balaban J connectivity index is 1.94. The van der Waals surface area contributed by atoms with E-state index in [1.54, 1.807) is 12.1 Å². The van der Waals surface area contributed by atoms with Crippen LogP contribution in [0.25, 0.3) is 0 Å². The molecule has 0 bridgehead atoms. The lowest BCUT2D eigenvalue weighted by Gasteiger charge is -2.11. The maximum atomic E-state index is 12.1. The molecule has 1 aromatic carbocycles. The van der Waals surface area contributed by atoms with Crippen molar-refractivity contribution in [2.75, 3.05) is 0 Å². The lowest BCUT2D eigenvalue weighted by atomic mass is 9.99. The minimum Gasteiger partial charge on any atom is -0.494 e. The molecular weight excluding hydrogens is 342 g/mol. The van der Waals surface area contributed by atoms with Crippen molar-refractivity contribution < 1.29 is 10.0 Å². The van der Waals surface area contributed by atoms with Crippen LogP contribution in [0.2, 0.25) is 0 Å².